The third-order valence-electron chi connectivity index (χ3n) is 2.82. The molecule has 2 N–H and O–H groups in total. The molecule has 1 amide bonds. The summed E-state index contributed by atoms with van der Waals surface area (Å²) in [5.74, 6) is -0.780. The number of hydrogen-bond acceptors (Lipinski definition) is 2. The van der Waals surface area contributed by atoms with Crippen molar-refractivity contribution in [1.29, 1.82) is 0 Å². The maximum Gasteiger partial charge on any atom is 0.247 e. The van der Waals surface area contributed by atoms with Gasteiger partial charge in [-0.2, -0.15) is 5.10 Å². The lowest BCUT2D eigenvalue weighted by Gasteiger charge is -2.07. The number of benzene rings is 1. The average molecular weight is 259 g/mol. The molecule has 0 saturated heterocycles. The summed E-state index contributed by atoms with van der Waals surface area (Å²) in [5.41, 5.74) is 3.14. The zero-order valence-electron chi connectivity index (χ0n) is 10.7. The van der Waals surface area contributed by atoms with E-state index in [2.05, 4.69) is 22.1 Å². The van der Waals surface area contributed by atoms with E-state index in [1.807, 2.05) is 13.8 Å². The Morgan fingerprint density at radius 3 is 2.74 bits per heavy atom. The first-order chi connectivity index (χ1) is 9.02. The van der Waals surface area contributed by atoms with Crippen LogP contribution in [-0.2, 0) is 4.79 Å². The number of nitrogens with one attached hydrogen (secondary N) is 2. The number of aromatic amines is 1. The van der Waals surface area contributed by atoms with Crippen LogP contribution in [0, 0.1) is 19.7 Å². The average Bonchev–Trinajstić information content (AvgIpc) is 2.70. The van der Waals surface area contributed by atoms with Crippen LogP contribution >= 0.6 is 0 Å². The highest BCUT2D eigenvalue weighted by Crippen LogP contribution is 2.29. The molecule has 2 aromatic rings. The summed E-state index contributed by atoms with van der Waals surface area (Å²) in [4.78, 5) is 11.1. The second-order valence-corrected chi connectivity index (χ2v) is 4.20. The van der Waals surface area contributed by atoms with Crippen molar-refractivity contribution in [1.82, 2.24) is 10.2 Å². The predicted octanol–water partition coefficient (Wildman–Crippen LogP) is 2.96. The van der Waals surface area contributed by atoms with Crippen LogP contribution in [0.2, 0.25) is 0 Å². The van der Waals surface area contributed by atoms with Gasteiger partial charge in [0.1, 0.15) is 5.82 Å². The van der Waals surface area contributed by atoms with E-state index in [1.165, 1.54) is 6.07 Å². The number of amides is 1. The van der Waals surface area contributed by atoms with Crippen LogP contribution in [0.1, 0.15) is 11.4 Å². The Labute approximate surface area is 110 Å². The number of rotatable bonds is 3. The monoisotopic (exact) mass is 259 g/mol. The van der Waals surface area contributed by atoms with Crippen LogP contribution in [0.4, 0.5) is 10.1 Å². The molecule has 0 radical (unpaired) electrons. The Balaban J connectivity index is 2.40. The summed E-state index contributed by atoms with van der Waals surface area (Å²) in [6, 6.07) is 4.55. The first-order valence-corrected chi connectivity index (χ1v) is 5.78. The van der Waals surface area contributed by atoms with Crippen LogP contribution < -0.4 is 5.32 Å². The molecule has 0 aliphatic rings. The van der Waals surface area contributed by atoms with E-state index in [4.69, 9.17) is 0 Å². The maximum atomic E-state index is 14.1. The molecule has 1 aromatic carbocycles. The van der Waals surface area contributed by atoms with Crippen LogP contribution in [0.5, 0.6) is 0 Å². The fourth-order valence-electron chi connectivity index (χ4n) is 1.94. The van der Waals surface area contributed by atoms with E-state index >= 15 is 0 Å². The normalized spacial score (nSPS) is 10.3. The Hall–Kier alpha value is -2.43. The molecule has 4 nitrogen and oxygen atoms in total. The number of hydrogen-bond donors (Lipinski definition) is 2. The third-order valence-corrected chi connectivity index (χ3v) is 2.82. The van der Waals surface area contributed by atoms with Crippen LogP contribution in [-0.4, -0.2) is 16.1 Å². The lowest BCUT2D eigenvalue weighted by atomic mass is 10.0. The van der Waals surface area contributed by atoms with Crippen molar-refractivity contribution < 1.29 is 9.18 Å². The predicted molar refractivity (Wildman–Crippen MR) is 72.3 cm³/mol. The second kappa shape index (κ2) is 5.06. The molecule has 0 unspecified atom stereocenters. The number of anilines is 1. The SMILES string of the molecule is C=CC(=O)Nc1ccc(-c2c(C)n[nH]c2C)c(F)c1. The van der Waals surface area contributed by atoms with Gasteiger partial charge in [-0.1, -0.05) is 6.58 Å². The molecular formula is C14H14FN3O. The molecule has 1 heterocycles. The van der Waals surface area contributed by atoms with Gasteiger partial charge in [-0.05, 0) is 38.1 Å². The zero-order valence-corrected chi connectivity index (χ0v) is 10.7. The molecule has 98 valence electrons. The third kappa shape index (κ3) is 2.54. The summed E-state index contributed by atoms with van der Waals surface area (Å²) in [6.07, 6.45) is 1.14. The second-order valence-electron chi connectivity index (χ2n) is 4.20. The van der Waals surface area contributed by atoms with Gasteiger partial charge in [0.25, 0.3) is 0 Å². The largest absolute Gasteiger partial charge is 0.322 e. The highest BCUT2D eigenvalue weighted by molar-refractivity contribution is 5.99. The lowest BCUT2D eigenvalue weighted by molar-refractivity contribution is -0.111. The summed E-state index contributed by atoms with van der Waals surface area (Å²) < 4.78 is 14.1. The van der Waals surface area contributed by atoms with Crippen LogP contribution in [0.3, 0.4) is 0 Å². The van der Waals surface area contributed by atoms with Crippen molar-refractivity contribution in [3.8, 4) is 11.1 Å². The molecular weight excluding hydrogens is 245 g/mol. The van der Waals surface area contributed by atoms with Crippen molar-refractivity contribution in [2.75, 3.05) is 5.32 Å². The van der Waals surface area contributed by atoms with Gasteiger partial charge in [0.2, 0.25) is 5.91 Å². The van der Waals surface area contributed by atoms with Crippen LogP contribution in [0.15, 0.2) is 30.9 Å². The zero-order chi connectivity index (χ0) is 14.0. The minimum absolute atomic E-state index is 0.372. The van der Waals surface area contributed by atoms with E-state index in [-0.39, 0.29) is 5.91 Å². The molecule has 0 bridgehead atoms. The molecule has 1 aromatic heterocycles. The summed E-state index contributed by atoms with van der Waals surface area (Å²) in [6.45, 7) is 6.99. The fourth-order valence-corrected chi connectivity index (χ4v) is 1.94. The molecule has 0 aliphatic heterocycles. The summed E-state index contributed by atoms with van der Waals surface area (Å²) >= 11 is 0. The van der Waals surface area contributed by atoms with Crippen molar-refractivity contribution >= 4 is 11.6 Å². The van der Waals surface area contributed by atoms with E-state index in [1.54, 1.807) is 12.1 Å². The van der Waals surface area contributed by atoms with Gasteiger partial charge in [0.15, 0.2) is 0 Å². The number of aryl methyl sites for hydroxylation is 2. The summed E-state index contributed by atoms with van der Waals surface area (Å²) in [5, 5.41) is 9.38. The molecule has 0 fully saturated rings. The Morgan fingerprint density at radius 1 is 1.47 bits per heavy atom. The first kappa shape index (κ1) is 13.0. The Morgan fingerprint density at radius 2 is 2.21 bits per heavy atom. The molecule has 0 saturated carbocycles. The molecule has 0 spiro atoms. The number of halogens is 1. The van der Waals surface area contributed by atoms with E-state index in [9.17, 15) is 9.18 Å². The van der Waals surface area contributed by atoms with Gasteiger partial charge in [0.05, 0.1) is 5.69 Å². The standard InChI is InChI=1S/C14H14FN3O/c1-4-13(19)16-10-5-6-11(12(15)7-10)14-8(2)17-18-9(14)3/h4-7H,1H2,2-3H3,(H,16,19)(H,17,18). The van der Waals surface area contributed by atoms with Crippen molar-refractivity contribution in [2.24, 2.45) is 0 Å². The van der Waals surface area contributed by atoms with E-state index < -0.39 is 5.82 Å². The van der Waals surface area contributed by atoms with Crippen molar-refractivity contribution in [3.63, 3.8) is 0 Å². The van der Waals surface area contributed by atoms with E-state index in [0.29, 0.717) is 11.3 Å². The van der Waals surface area contributed by atoms with Gasteiger partial charge in [-0.15, -0.1) is 0 Å². The first-order valence-electron chi connectivity index (χ1n) is 5.78. The highest BCUT2D eigenvalue weighted by atomic mass is 19.1. The number of carbonyl (C=O) groups is 1. The number of nitrogens with zero attached hydrogens (tertiary/aromatic N) is 1. The fraction of sp³-hybridized carbons (Fsp3) is 0.143. The molecule has 2 rings (SSSR count). The summed E-state index contributed by atoms with van der Waals surface area (Å²) in [7, 11) is 0. The number of aromatic nitrogens is 2. The molecule has 0 aliphatic carbocycles. The quantitative estimate of drug-likeness (QED) is 0.832. The van der Waals surface area contributed by atoms with Gasteiger partial charge in [0, 0.05) is 22.5 Å². The van der Waals surface area contributed by atoms with Gasteiger partial charge in [-0.3, -0.25) is 9.89 Å². The van der Waals surface area contributed by atoms with Gasteiger partial charge < -0.3 is 5.32 Å². The minimum Gasteiger partial charge on any atom is -0.322 e. The van der Waals surface area contributed by atoms with E-state index in [0.717, 1.165) is 23.0 Å². The lowest BCUT2D eigenvalue weighted by Crippen LogP contribution is -2.07. The number of H-pyrrole nitrogens is 1. The Kier molecular flexibility index (Phi) is 3.46. The minimum atomic E-state index is -0.408. The smallest absolute Gasteiger partial charge is 0.247 e. The topological polar surface area (TPSA) is 57.8 Å². The molecule has 5 heteroatoms. The maximum absolute atomic E-state index is 14.1. The van der Waals surface area contributed by atoms with Crippen LogP contribution in [0.25, 0.3) is 11.1 Å². The number of carbonyl (C=O) groups excluding carboxylic acids is 1. The molecule has 0 atom stereocenters. The molecule has 19 heavy (non-hydrogen) atoms. The van der Waals surface area contributed by atoms with Gasteiger partial charge >= 0.3 is 0 Å². The Bertz CT molecular complexity index is 627. The van der Waals surface area contributed by atoms with Crippen molar-refractivity contribution in [3.05, 3.63) is 48.1 Å². The highest BCUT2D eigenvalue weighted by Gasteiger charge is 2.14. The van der Waals surface area contributed by atoms with Gasteiger partial charge in [-0.25, -0.2) is 4.39 Å². The van der Waals surface area contributed by atoms with Crippen molar-refractivity contribution in [2.45, 2.75) is 13.8 Å².